The maximum atomic E-state index is 12.8. The minimum absolute atomic E-state index is 0.102. The van der Waals surface area contributed by atoms with Gasteiger partial charge in [0.25, 0.3) is 0 Å². The second-order valence-corrected chi connectivity index (χ2v) is 8.71. The lowest BCUT2D eigenvalue weighted by molar-refractivity contribution is -0.157. The fourth-order valence-electron chi connectivity index (χ4n) is 3.94. The summed E-state index contributed by atoms with van der Waals surface area (Å²) in [6.07, 6.45) is 4.74. The first-order valence-corrected chi connectivity index (χ1v) is 9.78. The summed E-state index contributed by atoms with van der Waals surface area (Å²) in [7, 11) is 0. The predicted molar refractivity (Wildman–Crippen MR) is 107 cm³/mol. The van der Waals surface area contributed by atoms with E-state index < -0.39 is 11.4 Å². The second-order valence-electron chi connectivity index (χ2n) is 8.71. The number of carbonyl (C=O) groups excluding carboxylic acids is 3. The molecule has 0 saturated heterocycles. The van der Waals surface area contributed by atoms with Crippen LogP contribution in [0.25, 0.3) is 10.9 Å². The highest BCUT2D eigenvalue weighted by Gasteiger charge is 2.44. The Balaban J connectivity index is 1.66. The molecule has 1 aromatic heterocycles. The number of aromatic nitrogens is 1. The predicted octanol–water partition coefficient (Wildman–Crippen LogP) is 3.76. The van der Waals surface area contributed by atoms with Crippen LogP contribution < -0.4 is 5.32 Å². The number of amides is 1. The van der Waals surface area contributed by atoms with Crippen molar-refractivity contribution in [3.63, 3.8) is 0 Å². The lowest BCUT2D eigenvalue weighted by Crippen LogP contribution is -2.44. The van der Waals surface area contributed by atoms with Crippen molar-refractivity contribution < 1.29 is 19.1 Å². The van der Waals surface area contributed by atoms with Gasteiger partial charge < -0.3 is 15.0 Å². The van der Waals surface area contributed by atoms with Gasteiger partial charge in [-0.05, 0) is 39.7 Å². The molecule has 6 heteroatoms. The van der Waals surface area contributed by atoms with Crippen molar-refractivity contribution in [3.8, 4) is 0 Å². The topological polar surface area (TPSA) is 88.3 Å². The van der Waals surface area contributed by atoms with E-state index in [2.05, 4.69) is 10.3 Å². The zero-order chi connectivity index (χ0) is 20.4. The summed E-state index contributed by atoms with van der Waals surface area (Å²) in [5.41, 5.74) is 0.194. The Bertz CT molecular complexity index is 885. The molecule has 1 saturated carbocycles. The molecule has 0 aliphatic heterocycles. The number of hydrogen-bond donors (Lipinski definition) is 2. The Morgan fingerprint density at radius 3 is 2.50 bits per heavy atom. The van der Waals surface area contributed by atoms with Crippen LogP contribution in [0.5, 0.6) is 0 Å². The van der Waals surface area contributed by atoms with Gasteiger partial charge in [0.15, 0.2) is 6.61 Å². The van der Waals surface area contributed by atoms with E-state index in [-0.39, 0.29) is 30.3 Å². The Morgan fingerprint density at radius 1 is 1.14 bits per heavy atom. The van der Waals surface area contributed by atoms with Crippen LogP contribution in [0.3, 0.4) is 0 Å². The molecule has 3 rings (SSSR count). The van der Waals surface area contributed by atoms with Gasteiger partial charge in [0, 0.05) is 34.6 Å². The van der Waals surface area contributed by atoms with Crippen LogP contribution >= 0.6 is 0 Å². The van der Waals surface area contributed by atoms with Crippen LogP contribution in [0, 0.1) is 5.41 Å². The molecule has 1 fully saturated rings. The number of benzene rings is 1. The summed E-state index contributed by atoms with van der Waals surface area (Å²) in [5.74, 6) is -0.852. The average Bonchev–Trinajstić information content (AvgIpc) is 3.25. The van der Waals surface area contributed by atoms with E-state index in [0.29, 0.717) is 18.4 Å². The number of rotatable bonds is 6. The summed E-state index contributed by atoms with van der Waals surface area (Å²) in [6.45, 7) is 5.41. The first-order valence-electron chi connectivity index (χ1n) is 9.78. The van der Waals surface area contributed by atoms with Gasteiger partial charge in [-0.25, -0.2) is 0 Å². The lowest BCUT2D eigenvalue weighted by Gasteiger charge is -2.28. The number of H-pyrrole nitrogens is 1. The van der Waals surface area contributed by atoms with E-state index in [4.69, 9.17) is 4.74 Å². The number of esters is 1. The number of carbonyl (C=O) groups is 3. The summed E-state index contributed by atoms with van der Waals surface area (Å²) in [4.78, 5) is 40.9. The van der Waals surface area contributed by atoms with Crippen LogP contribution in [-0.2, 0) is 14.3 Å². The van der Waals surface area contributed by atoms with Gasteiger partial charge in [-0.2, -0.15) is 0 Å². The number of aromatic amines is 1. The van der Waals surface area contributed by atoms with Crippen molar-refractivity contribution in [1.29, 1.82) is 0 Å². The number of hydrogen-bond acceptors (Lipinski definition) is 4. The van der Waals surface area contributed by atoms with Crippen LogP contribution in [-0.4, -0.2) is 34.8 Å². The standard InChI is InChI=1S/C22H28N2O4/c1-21(2,3)24-19(26)12-22(10-6-7-11-22)20(27)28-14-18(25)16-13-23-17-9-5-4-8-15(16)17/h4-5,8-9,13,23H,6-7,10-12,14H2,1-3H3,(H,24,26). The van der Waals surface area contributed by atoms with Crippen LogP contribution in [0.2, 0.25) is 0 Å². The Morgan fingerprint density at radius 2 is 1.82 bits per heavy atom. The van der Waals surface area contributed by atoms with Crippen LogP contribution in [0.4, 0.5) is 0 Å². The molecule has 6 nitrogen and oxygen atoms in total. The van der Waals surface area contributed by atoms with E-state index in [0.717, 1.165) is 23.7 Å². The Kier molecular flexibility index (Phi) is 5.59. The van der Waals surface area contributed by atoms with Crippen LogP contribution in [0.15, 0.2) is 30.5 Å². The summed E-state index contributed by atoms with van der Waals surface area (Å²) < 4.78 is 5.41. The molecule has 0 radical (unpaired) electrons. The molecule has 2 N–H and O–H groups in total. The van der Waals surface area contributed by atoms with Crippen molar-refractivity contribution in [3.05, 3.63) is 36.0 Å². The van der Waals surface area contributed by atoms with E-state index in [1.807, 2.05) is 45.0 Å². The molecule has 1 heterocycles. The molecule has 1 aromatic carbocycles. The van der Waals surface area contributed by atoms with Gasteiger partial charge in [0.05, 0.1) is 5.41 Å². The summed E-state index contributed by atoms with van der Waals surface area (Å²) in [5, 5.41) is 3.72. The van der Waals surface area contributed by atoms with E-state index in [1.165, 1.54) is 0 Å². The number of para-hydroxylation sites is 1. The molecule has 150 valence electrons. The maximum Gasteiger partial charge on any atom is 0.313 e. The zero-order valence-corrected chi connectivity index (χ0v) is 16.8. The minimum Gasteiger partial charge on any atom is -0.457 e. The molecule has 0 atom stereocenters. The highest BCUT2D eigenvalue weighted by Crippen LogP contribution is 2.42. The third-order valence-electron chi connectivity index (χ3n) is 5.23. The molecule has 28 heavy (non-hydrogen) atoms. The average molecular weight is 384 g/mol. The second kappa shape index (κ2) is 7.78. The quantitative estimate of drug-likeness (QED) is 0.586. The van der Waals surface area contributed by atoms with Crippen molar-refractivity contribution in [2.75, 3.05) is 6.61 Å². The monoisotopic (exact) mass is 384 g/mol. The molecule has 0 unspecified atom stereocenters. The van der Waals surface area contributed by atoms with Gasteiger partial charge >= 0.3 is 5.97 Å². The zero-order valence-electron chi connectivity index (χ0n) is 16.8. The SMILES string of the molecule is CC(C)(C)NC(=O)CC1(C(=O)OCC(=O)c2c[nH]c3ccccc23)CCCC1. The third kappa shape index (κ3) is 4.43. The van der Waals surface area contributed by atoms with Crippen molar-refractivity contribution in [1.82, 2.24) is 10.3 Å². The van der Waals surface area contributed by atoms with Gasteiger partial charge in [-0.1, -0.05) is 31.0 Å². The van der Waals surface area contributed by atoms with Gasteiger partial charge in [-0.3, -0.25) is 14.4 Å². The molecular weight excluding hydrogens is 356 g/mol. The van der Waals surface area contributed by atoms with Crippen molar-refractivity contribution in [2.45, 2.75) is 58.4 Å². The molecule has 0 bridgehead atoms. The minimum atomic E-state index is -0.824. The first-order chi connectivity index (χ1) is 13.2. The Labute approximate surface area is 165 Å². The Hall–Kier alpha value is -2.63. The van der Waals surface area contributed by atoms with Crippen LogP contribution in [0.1, 0.15) is 63.2 Å². The molecule has 1 amide bonds. The van der Waals surface area contributed by atoms with Crippen molar-refractivity contribution in [2.24, 2.45) is 5.41 Å². The molecule has 1 aliphatic carbocycles. The summed E-state index contributed by atoms with van der Waals surface area (Å²) in [6, 6.07) is 7.50. The van der Waals surface area contributed by atoms with E-state index >= 15 is 0 Å². The first kappa shape index (κ1) is 20.1. The lowest BCUT2D eigenvalue weighted by atomic mass is 9.82. The molecule has 1 aliphatic rings. The number of fused-ring (bicyclic) bond motifs is 1. The van der Waals surface area contributed by atoms with Gasteiger partial charge in [0.1, 0.15) is 0 Å². The normalized spacial score (nSPS) is 16.1. The largest absolute Gasteiger partial charge is 0.457 e. The molecule has 0 spiro atoms. The van der Waals surface area contributed by atoms with Gasteiger partial charge in [-0.15, -0.1) is 0 Å². The fraction of sp³-hybridized carbons (Fsp3) is 0.500. The van der Waals surface area contributed by atoms with E-state index in [9.17, 15) is 14.4 Å². The third-order valence-corrected chi connectivity index (χ3v) is 5.23. The number of nitrogens with one attached hydrogen (secondary N) is 2. The summed E-state index contributed by atoms with van der Waals surface area (Å²) >= 11 is 0. The number of ketones is 1. The highest BCUT2D eigenvalue weighted by atomic mass is 16.5. The van der Waals surface area contributed by atoms with E-state index in [1.54, 1.807) is 6.20 Å². The smallest absolute Gasteiger partial charge is 0.313 e. The highest BCUT2D eigenvalue weighted by molar-refractivity contribution is 6.08. The molecule has 2 aromatic rings. The molecular formula is C22H28N2O4. The van der Waals surface area contributed by atoms with Gasteiger partial charge in [0.2, 0.25) is 11.7 Å². The van der Waals surface area contributed by atoms with Crippen molar-refractivity contribution >= 4 is 28.6 Å². The number of ether oxygens (including phenoxy) is 1. The fourth-order valence-corrected chi connectivity index (χ4v) is 3.94. The maximum absolute atomic E-state index is 12.8. The number of Topliss-reactive ketones (excluding diaryl/α,β-unsaturated/α-hetero) is 1.